The van der Waals surface area contributed by atoms with Crippen LogP contribution in [0.3, 0.4) is 0 Å². The van der Waals surface area contributed by atoms with E-state index in [4.69, 9.17) is 10.5 Å². The molecule has 0 heterocycles. The van der Waals surface area contributed by atoms with Crippen molar-refractivity contribution < 1.29 is 14.8 Å². The first-order valence-corrected chi connectivity index (χ1v) is 4.82. The molecule has 16 heavy (non-hydrogen) atoms. The van der Waals surface area contributed by atoms with Crippen LogP contribution in [-0.4, -0.2) is 17.1 Å². The number of rotatable bonds is 4. The zero-order chi connectivity index (χ0) is 12.3. The number of hydrogen-bond acceptors (Lipinski definition) is 5. The molecule has 0 aliphatic carbocycles. The largest absolute Gasteiger partial charge is 0.500 e. The first-order chi connectivity index (χ1) is 7.51. The molecule has 0 aromatic heterocycles. The topological polar surface area (TPSA) is 98.6 Å². The summed E-state index contributed by atoms with van der Waals surface area (Å²) in [4.78, 5) is 10.0. The van der Waals surface area contributed by atoms with Crippen molar-refractivity contribution in [2.75, 3.05) is 7.11 Å². The summed E-state index contributed by atoms with van der Waals surface area (Å²) in [5.41, 5.74) is 5.96. The lowest BCUT2D eigenvalue weighted by atomic mass is 10.0. The number of nitro benzene ring substituents is 1. The number of benzene rings is 1. The number of phenols is 1. The van der Waals surface area contributed by atoms with E-state index in [1.807, 2.05) is 6.92 Å². The van der Waals surface area contributed by atoms with Crippen LogP contribution in [0.1, 0.15) is 24.9 Å². The van der Waals surface area contributed by atoms with Crippen molar-refractivity contribution in [1.82, 2.24) is 0 Å². The molecule has 88 valence electrons. The zero-order valence-electron chi connectivity index (χ0n) is 9.14. The SMILES string of the molecule is CC[C@H](N)c1cc(OC)c(O)c([N+](=O)[O-])c1. The fourth-order valence-corrected chi connectivity index (χ4v) is 1.36. The minimum Gasteiger partial charge on any atom is -0.500 e. The van der Waals surface area contributed by atoms with Crippen LogP contribution in [0.5, 0.6) is 11.5 Å². The average molecular weight is 226 g/mol. The zero-order valence-corrected chi connectivity index (χ0v) is 9.14. The van der Waals surface area contributed by atoms with Gasteiger partial charge in [-0.1, -0.05) is 6.92 Å². The molecule has 0 saturated carbocycles. The number of methoxy groups -OCH3 is 1. The molecule has 0 bridgehead atoms. The monoisotopic (exact) mass is 226 g/mol. The Balaban J connectivity index is 3.34. The molecule has 0 amide bonds. The molecule has 0 radical (unpaired) electrons. The van der Waals surface area contributed by atoms with Gasteiger partial charge in [-0.2, -0.15) is 0 Å². The van der Waals surface area contributed by atoms with Crippen molar-refractivity contribution in [1.29, 1.82) is 0 Å². The van der Waals surface area contributed by atoms with Crippen LogP contribution >= 0.6 is 0 Å². The number of nitrogens with zero attached hydrogens (tertiary/aromatic N) is 1. The van der Waals surface area contributed by atoms with Crippen LogP contribution < -0.4 is 10.5 Å². The van der Waals surface area contributed by atoms with E-state index in [2.05, 4.69) is 0 Å². The maximum Gasteiger partial charge on any atom is 0.314 e. The van der Waals surface area contributed by atoms with Crippen molar-refractivity contribution in [3.63, 3.8) is 0 Å². The molecule has 6 heteroatoms. The lowest BCUT2D eigenvalue weighted by Crippen LogP contribution is -2.09. The number of aromatic hydroxyl groups is 1. The fourth-order valence-electron chi connectivity index (χ4n) is 1.36. The molecule has 0 fully saturated rings. The Kier molecular flexibility index (Phi) is 3.68. The lowest BCUT2D eigenvalue weighted by Gasteiger charge is -2.11. The molecule has 1 atom stereocenters. The average Bonchev–Trinajstić information content (AvgIpc) is 2.27. The maximum absolute atomic E-state index is 10.7. The minimum absolute atomic E-state index is 0.0631. The van der Waals surface area contributed by atoms with Crippen LogP contribution in [0.25, 0.3) is 0 Å². The van der Waals surface area contributed by atoms with Gasteiger partial charge in [-0.3, -0.25) is 10.1 Å². The molecular formula is C10H14N2O4. The summed E-state index contributed by atoms with van der Waals surface area (Å²) in [6.45, 7) is 1.87. The number of nitro groups is 1. The Morgan fingerprint density at radius 1 is 1.62 bits per heavy atom. The Morgan fingerprint density at radius 3 is 2.69 bits per heavy atom. The van der Waals surface area contributed by atoms with E-state index >= 15 is 0 Å². The van der Waals surface area contributed by atoms with Gasteiger partial charge in [0, 0.05) is 12.1 Å². The highest BCUT2D eigenvalue weighted by Gasteiger charge is 2.21. The van der Waals surface area contributed by atoms with Crippen LogP contribution in [0.4, 0.5) is 5.69 Å². The van der Waals surface area contributed by atoms with E-state index in [-0.39, 0.29) is 11.8 Å². The Bertz CT molecular complexity index is 406. The fraction of sp³-hybridized carbons (Fsp3) is 0.400. The number of ether oxygens (including phenoxy) is 1. The highest BCUT2D eigenvalue weighted by atomic mass is 16.6. The van der Waals surface area contributed by atoms with Crippen LogP contribution in [0.15, 0.2) is 12.1 Å². The van der Waals surface area contributed by atoms with Crippen LogP contribution in [-0.2, 0) is 0 Å². The Morgan fingerprint density at radius 2 is 2.25 bits per heavy atom. The second-order valence-corrected chi connectivity index (χ2v) is 3.36. The van der Waals surface area contributed by atoms with Gasteiger partial charge in [0.15, 0.2) is 5.75 Å². The normalized spacial score (nSPS) is 12.2. The summed E-state index contributed by atoms with van der Waals surface area (Å²) in [6.07, 6.45) is 0.644. The van der Waals surface area contributed by atoms with Gasteiger partial charge in [-0.15, -0.1) is 0 Å². The number of nitrogens with two attached hydrogens (primary N) is 1. The van der Waals surface area contributed by atoms with E-state index in [1.54, 1.807) is 0 Å². The van der Waals surface area contributed by atoms with E-state index in [1.165, 1.54) is 19.2 Å². The molecule has 0 aliphatic heterocycles. The summed E-state index contributed by atoms with van der Waals surface area (Å²) in [6, 6.07) is 2.47. The van der Waals surface area contributed by atoms with Crippen LogP contribution in [0.2, 0.25) is 0 Å². The standard InChI is InChI=1S/C10H14N2O4/c1-3-7(11)6-4-8(12(14)15)10(13)9(5-6)16-2/h4-5,7,13H,3,11H2,1-2H3/t7-/m0/s1. The summed E-state index contributed by atoms with van der Waals surface area (Å²) in [5.74, 6) is -0.410. The third kappa shape index (κ3) is 2.22. The van der Waals surface area contributed by atoms with Crippen molar-refractivity contribution >= 4 is 5.69 Å². The molecule has 1 aromatic rings. The minimum atomic E-state index is -0.663. The molecule has 3 N–H and O–H groups in total. The third-order valence-electron chi connectivity index (χ3n) is 2.36. The molecule has 1 aromatic carbocycles. The molecule has 0 saturated heterocycles. The van der Waals surface area contributed by atoms with Gasteiger partial charge in [0.2, 0.25) is 5.75 Å². The lowest BCUT2D eigenvalue weighted by molar-refractivity contribution is -0.386. The summed E-state index contributed by atoms with van der Waals surface area (Å²) >= 11 is 0. The maximum atomic E-state index is 10.7. The number of hydrogen-bond donors (Lipinski definition) is 2. The van der Waals surface area contributed by atoms with Crippen molar-refractivity contribution in [2.24, 2.45) is 5.73 Å². The molecule has 0 aliphatic rings. The van der Waals surface area contributed by atoms with E-state index in [0.29, 0.717) is 12.0 Å². The predicted octanol–water partition coefficient (Wildman–Crippen LogP) is 1.72. The molecule has 1 rings (SSSR count). The van der Waals surface area contributed by atoms with Gasteiger partial charge < -0.3 is 15.6 Å². The molecule has 0 spiro atoms. The van der Waals surface area contributed by atoms with Crippen molar-refractivity contribution in [3.05, 3.63) is 27.8 Å². The Labute approximate surface area is 92.8 Å². The third-order valence-corrected chi connectivity index (χ3v) is 2.36. The van der Waals surface area contributed by atoms with E-state index < -0.39 is 16.4 Å². The van der Waals surface area contributed by atoms with Crippen LogP contribution in [0, 0.1) is 10.1 Å². The highest BCUT2D eigenvalue weighted by Crippen LogP contribution is 2.38. The van der Waals surface area contributed by atoms with E-state index in [9.17, 15) is 15.2 Å². The predicted molar refractivity (Wildman–Crippen MR) is 58.5 cm³/mol. The highest BCUT2D eigenvalue weighted by molar-refractivity contribution is 5.57. The van der Waals surface area contributed by atoms with Gasteiger partial charge in [0.1, 0.15) is 0 Å². The second kappa shape index (κ2) is 4.80. The first-order valence-electron chi connectivity index (χ1n) is 4.82. The van der Waals surface area contributed by atoms with Gasteiger partial charge in [0.25, 0.3) is 0 Å². The first kappa shape index (κ1) is 12.3. The Hall–Kier alpha value is -1.82. The van der Waals surface area contributed by atoms with Gasteiger partial charge in [0.05, 0.1) is 12.0 Å². The molecular weight excluding hydrogens is 212 g/mol. The summed E-state index contributed by atoms with van der Waals surface area (Å²) in [7, 11) is 1.33. The molecule has 6 nitrogen and oxygen atoms in total. The summed E-state index contributed by atoms with van der Waals surface area (Å²) < 4.78 is 4.86. The quantitative estimate of drug-likeness (QED) is 0.601. The summed E-state index contributed by atoms with van der Waals surface area (Å²) in [5, 5.41) is 20.2. The second-order valence-electron chi connectivity index (χ2n) is 3.36. The molecule has 0 unspecified atom stereocenters. The van der Waals surface area contributed by atoms with Gasteiger partial charge in [-0.25, -0.2) is 0 Å². The van der Waals surface area contributed by atoms with Crippen molar-refractivity contribution in [3.8, 4) is 11.5 Å². The van der Waals surface area contributed by atoms with Gasteiger partial charge in [-0.05, 0) is 18.1 Å². The van der Waals surface area contributed by atoms with E-state index in [0.717, 1.165) is 0 Å². The number of phenolic OH excluding ortho intramolecular Hbond substituents is 1. The van der Waals surface area contributed by atoms with Crippen molar-refractivity contribution in [2.45, 2.75) is 19.4 Å². The smallest absolute Gasteiger partial charge is 0.314 e. The van der Waals surface area contributed by atoms with Gasteiger partial charge >= 0.3 is 5.69 Å².